The molecule has 2 aliphatic rings. The molecule has 1 saturated carbocycles. The van der Waals surface area contributed by atoms with Gasteiger partial charge in [0.2, 0.25) is 0 Å². The van der Waals surface area contributed by atoms with Crippen LogP contribution < -0.4 is 10.6 Å². The van der Waals surface area contributed by atoms with E-state index < -0.39 is 17.9 Å². The van der Waals surface area contributed by atoms with Gasteiger partial charge in [0, 0.05) is 6.04 Å². The number of hydrogen-bond donors (Lipinski definition) is 2. The number of nitrogens with two attached hydrogens (primary N) is 1. The molecule has 2 fully saturated rings. The molecular weight excluding hydrogens is 268 g/mol. The number of carboxylic acids is 1. The summed E-state index contributed by atoms with van der Waals surface area (Å²) in [5, 5.41) is 9.56. The summed E-state index contributed by atoms with van der Waals surface area (Å²) in [4.78, 5) is 25.3. The third kappa shape index (κ3) is 2.37. The third-order valence-electron chi connectivity index (χ3n) is 4.82. The summed E-state index contributed by atoms with van der Waals surface area (Å²) in [7, 11) is 0. The van der Waals surface area contributed by atoms with Crippen LogP contribution in [-0.4, -0.2) is 29.1 Å². The number of aliphatic carboxylic acids is 1. The van der Waals surface area contributed by atoms with Crippen molar-refractivity contribution in [3.05, 3.63) is 29.8 Å². The molecule has 3 atom stereocenters. The van der Waals surface area contributed by atoms with Crippen LogP contribution in [0.3, 0.4) is 0 Å². The van der Waals surface area contributed by atoms with E-state index in [1.165, 1.54) is 6.42 Å². The molecule has 0 aromatic heterocycles. The fourth-order valence-electron chi connectivity index (χ4n) is 3.93. The fourth-order valence-corrected chi connectivity index (χ4v) is 3.93. The number of hydrogen-bond acceptors (Lipinski definition) is 3. The number of fused-ring (bicyclic) bond motifs is 1. The molecular formula is C16H20N2O3. The summed E-state index contributed by atoms with van der Waals surface area (Å²) in [6.07, 6.45) is 5.00. The Kier molecular flexibility index (Phi) is 3.57. The van der Waals surface area contributed by atoms with E-state index in [2.05, 4.69) is 0 Å². The number of carbonyl (C=O) groups is 2. The summed E-state index contributed by atoms with van der Waals surface area (Å²) >= 11 is 0. The van der Waals surface area contributed by atoms with Gasteiger partial charge >= 0.3 is 5.97 Å². The predicted molar refractivity (Wildman–Crippen MR) is 79.2 cm³/mol. The van der Waals surface area contributed by atoms with Gasteiger partial charge < -0.3 is 15.7 Å². The number of carbonyl (C=O) groups excluding carboxylic acids is 1. The minimum Gasteiger partial charge on any atom is -0.480 e. The van der Waals surface area contributed by atoms with Crippen LogP contribution in [0, 0.1) is 5.92 Å². The Morgan fingerprint density at radius 1 is 1.19 bits per heavy atom. The van der Waals surface area contributed by atoms with Crippen LogP contribution in [-0.2, 0) is 4.79 Å². The van der Waals surface area contributed by atoms with E-state index in [1.54, 1.807) is 12.1 Å². The van der Waals surface area contributed by atoms with Gasteiger partial charge in [0.15, 0.2) is 0 Å². The zero-order chi connectivity index (χ0) is 15.0. The number of anilines is 1. The maximum Gasteiger partial charge on any atom is 0.326 e. The summed E-state index contributed by atoms with van der Waals surface area (Å²) in [6.45, 7) is 0. The van der Waals surface area contributed by atoms with Crippen molar-refractivity contribution in [3.63, 3.8) is 0 Å². The standard InChI is InChI=1S/C16H20N2O3/c17-15(19)11-6-2-4-8-13(11)18-12-7-3-1-5-10(12)9-14(18)16(20)21/h2,4,6,8,10,12,14H,1,3,5,7,9H2,(H2,17,19)(H,20,21). The smallest absolute Gasteiger partial charge is 0.326 e. The van der Waals surface area contributed by atoms with Crippen molar-refractivity contribution in [2.24, 2.45) is 11.7 Å². The van der Waals surface area contributed by atoms with E-state index in [1.807, 2.05) is 17.0 Å². The minimum absolute atomic E-state index is 0.209. The lowest BCUT2D eigenvalue weighted by molar-refractivity contribution is -0.138. The molecule has 3 rings (SSSR count). The lowest BCUT2D eigenvalue weighted by atomic mass is 9.84. The Labute approximate surface area is 123 Å². The molecule has 112 valence electrons. The second-order valence-corrected chi connectivity index (χ2v) is 5.99. The van der Waals surface area contributed by atoms with Crippen molar-refractivity contribution in [2.45, 2.75) is 44.2 Å². The van der Waals surface area contributed by atoms with Crippen molar-refractivity contribution < 1.29 is 14.7 Å². The molecule has 0 bridgehead atoms. The highest BCUT2D eigenvalue weighted by Crippen LogP contribution is 2.43. The third-order valence-corrected chi connectivity index (χ3v) is 4.82. The first-order valence-corrected chi connectivity index (χ1v) is 7.49. The van der Waals surface area contributed by atoms with Gasteiger partial charge in [-0.3, -0.25) is 4.79 Å². The molecule has 1 heterocycles. The topological polar surface area (TPSA) is 83.6 Å². The van der Waals surface area contributed by atoms with Crippen LogP contribution in [0.15, 0.2) is 24.3 Å². The maximum absolute atomic E-state index is 11.7. The first-order chi connectivity index (χ1) is 10.1. The van der Waals surface area contributed by atoms with Gasteiger partial charge in [-0.1, -0.05) is 25.0 Å². The SMILES string of the molecule is NC(=O)c1ccccc1N1C(C(=O)O)CC2CCCCC21. The number of nitrogens with zero attached hydrogens (tertiary/aromatic N) is 1. The molecule has 5 heteroatoms. The lowest BCUT2D eigenvalue weighted by Crippen LogP contribution is -2.43. The predicted octanol–water partition coefficient (Wildman–Crippen LogP) is 2.01. The normalized spacial score (nSPS) is 28.2. The van der Waals surface area contributed by atoms with E-state index in [4.69, 9.17) is 5.73 Å². The number of rotatable bonds is 3. The van der Waals surface area contributed by atoms with Crippen LogP contribution in [0.1, 0.15) is 42.5 Å². The van der Waals surface area contributed by atoms with Gasteiger partial charge in [-0.05, 0) is 37.3 Å². The van der Waals surface area contributed by atoms with Crippen molar-refractivity contribution in [2.75, 3.05) is 4.90 Å². The molecule has 0 spiro atoms. The van der Waals surface area contributed by atoms with Gasteiger partial charge in [-0.2, -0.15) is 0 Å². The molecule has 21 heavy (non-hydrogen) atoms. The molecule has 3 N–H and O–H groups in total. The average Bonchev–Trinajstić information content (AvgIpc) is 2.86. The highest BCUT2D eigenvalue weighted by atomic mass is 16.4. The Hall–Kier alpha value is -2.04. The molecule has 1 saturated heterocycles. The van der Waals surface area contributed by atoms with Crippen LogP contribution in [0.4, 0.5) is 5.69 Å². The van der Waals surface area contributed by atoms with Gasteiger partial charge in [-0.15, -0.1) is 0 Å². The molecule has 3 unspecified atom stereocenters. The largest absolute Gasteiger partial charge is 0.480 e. The second kappa shape index (κ2) is 5.39. The van der Waals surface area contributed by atoms with Gasteiger partial charge in [0.05, 0.1) is 11.3 Å². The molecule has 0 radical (unpaired) electrons. The molecule has 1 aliphatic heterocycles. The summed E-state index contributed by atoms with van der Waals surface area (Å²) in [5.41, 5.74) is 6.54. The monoisotopic (exact) mass is 288 g/mol. The molecule has 1 amide bonds. The van der Waals surface area contributed by atoms with E-state index in [0.29, 0.717) is 23.6 Å². The van der Waals surface area contributed by atoms with Crippen molar-refractivity contribution in [1.82, 2.24) is 0 Å². The van der Waals surface area contributed by atoms with Gasteiger partial charge in [-0.25, -0.2) is 4.79 Å². The van der Waals surface area contributed by atoms with Crippen molar-refractivity contribution in [1.29, 1.82) is 0 Å². The first kappa shape index (κ1) is 13.9. The zero-order valence-corrected chi connectivity index (χ0v) is 11.9. The number of primary amides is 1. The summed E-state index contributed by atoms with van der Waals surface area (Å²) in [5.74, 6) is -0.918. The number of carboxylic acid groups (broad SMARTS) is 1. The van der Waals surface area contributed by atoms with Crippen LogP contribution in [0.2, 0.25) is 0 Å². The van der Waals surface area contributed by atoms with Gasteiger partial charge in [0.1, 0.15) is 6.04 Å². The maximum atomic E-state index is 11.7. The average molecular weight is 288 g/mol. The molecule has 5 nitrogen and oxygen atoms in total. The van der Waals surface area contributed by atoms with E-state index in [9.17, 15) is 14.7 Å². The Bertz CT molecular complexity index is 572. The number of amides is 1. The summed E-state index contributed by atoms with van der Waals surface area (Å²) < 4.78 is 0. The summed E-state index contributed by atoms with van der Waals surface area (Å²) in [6, 6.07) is 6.73. The van der Waals surface area contributed by atoms with Crippen LogP contribution >= 0.6 is 0 Å². The van der Waals surface area contributed by atoms with E-state index in [0.717, 1.165) is 19.3 Å². The highest BCUT2D eigenvalue weighted by Gasteiger charge is 2.46. The fraction of sp³-hybridized carbons (Fsp3) is 0.500. The van der Waals surface area contributed by atoms with E-state index >= 15 is 0 Å². The van der Waals surface area contributed by atoms with Crippen LogP contribution in [0.5, 0.6) is 0 Å². The number of benzene rings is 1. The first-order valence-electron chi connectivity index (χ1n) is 7.49. The second-order valence-electron chi connectivity index (χ2n) is 5.99. The van der Waals surface area contributed by atoms with Gasteiger partial charge in [0.25, 0.3) is 5.91 Å². The Morgan fingerprint density at radius 2 is 1.90 bits per heavy atom. The van der Waals surface area contributed by atoms with Crippen molar-refractivity contribution in [3.8, 4) is 0 Å². The lowest BCUT2D eigenvalue weighted by Gasteiger charge is -2.35. The molecule has 1 aliphatic carbocycles. The van der Waals surface area contributed by atoms with Crippen molar-refractivity contribution >= 4 is 17.6 Å². The van der Waals surface area contributed by atoms with Crippen LogP contribution in [0.25, 0.3) is 0 Å². The molecule has 1 aromatic carbocycles. The minimum atomic E-state index is -0.816. The Balaban J connectivity index is 2.04. The Morgan fingerprint density at radius 3 is 2.62 bits per heavy atom. The quantitative estimate of drug-likeness (QED) is 0.891. The number of para-hydroxylation sites is 1. The molecule has 1 aromatic rings. The van der Waals surface area contributed by atoms with E-state index in [-0.39, 0.29) is 6.04 Å². The highest BCUT2D eigenvalue weighted by molar-refractivity contribution is 5.99. The zero-order valence-electron chi connectivity index (χ0n) is 11.9.